The Bertz CT molecular complexity index is 597. The second kappa shape index (κ2) is 5.66. The molecule has 3 N–H and O–H groups in total. The molecule has 0 aromatic carbocycles. The quantitative estimate of drug-likeness (QED) is 0.866. The number of hydrogen-bond donors (Lipinski definition) is 2. The fourth-order valence-corrected chi connectivity index (χ4v) is 2.26. The van der Waals surface area contributed by atoms with Crippen molar-refractivity contribution < 1.29 is 9.53 Å². The third-order valence-electron chi connectivity index (χ3n) is 2.42. The minimum atomic E-state index is -0.571. The van der Waals surface area contributed by atoms with Gasteiger partial charge >= 0.3 is 0 Å². The summed E-state index contributed by atoms with van der Waals surface area (Å²) in [6.07, 6.45) is 1.59. The molecule has 0 saturated heterocycles. The van der Waals surface area contributed by atoms with Gasteiger partial charge in [-0.1, -0.05) is 0 Å². The van der Waals surface area contributed by atoms with Gasteiger partial charge in [0.25, 0.3) is 5.91 Å². The smallest absolute Gasteiger partial charge is 0.254 e. The van der Waals surface area contributed by atoms with Crippen LogP contribution in [0.5, 0.6) is 5.88 Å². The number of pyridine rings is 1. The summed E-state index contributed by atoms with van der Waals surface area (Å²) in [7, 11) is 1.44. The van der Waals surface area contributed by atoms with Gasteiger partial charge in [-0.15, -0.1) is 11.3 Å². The summed E-state index contributed by atoms with van der Waals surface area (Å²) in [5, 5.41) is 6.09. The molecule has 0 atom stereocenters. The van der Waals surface area contributed by atoms with E-state index >= 15 is 0 Å². The molecule has 2 aromatic heterocycles. The largest absolute Gasteiger partial charge is 0.480 e. The number of nitrogens with two attached hydrogens (primary N) is 1. The van der Waals surface area contributed by atoms with Crippen molar-refractivity contribution in [2.24, 2.45) is 5.73 Å². The van der Waals surface area contributed by atoms with Crippen LogP contribution in [0.15, 0.2) is 17.6 Å². The second-order valence-corrected chi connectivity index (χ2v) is 4.82. The summed E-state index contributed by atoms with van der Waals surface area (Å²) in [5.41, 5.74) is 7.22. The minimum absolute atomic E-state index is 0.225. The van der Waals surface area contributed by atoms with E-state index in [0.29, 0.717) is 12.2 Å². The summed E-state index contributed by atoms with van der Waals surface area (Å²) in [4.78, 5) is 19.6. The normalized spacial score (nSPS) is 10.2. The molecule has 0 saturated carbocycles. The number of hydrogen-bond acceptors (Lipinski definition) is 6. The number of anilines is 1. The van der Waals surface area contributed by atoms with Crippen molar-refractivity contribution in [3.8, 4) is 5.88 Å². The predicted molar refractivity (Wildman–Crippen MR) is 73.5 cm³/mol. The zero-order valence-corrected chi connectivity index (χ0v) is 11.5. The summed E-state index contributed by atoms with van der Waals surface area (Å²) in [5.74, 6) is -0.346. The molecular weight excluding hydrogens is 264 g/mol. The van der Waals surface area contributed by atoms with Crippen LogP contribution in [-0.4, -0.2) is 23.0 Å². The van der Waals surface area contributed by atoms with Gasteiger partial charge in [-0.2, -0.15) is 0 Å². The van der Waals surface area contributed by atoms with Gasteiger partial charge in [0.1, 0.15) is 10.6 Å². The molecule has 2 rings (SSSR count). The van der Waals surface area contributed by atoms with Crippen LogP contribution < -0.4 is 15.8 Å². The van der Waals surface area contributed by atoms with Crippen LogP contribution in [0.1, 0.15) is 21.1 Å². The highest BCUT2D eigenvalue weighted by atomic mass is 32.1. The lowest BCUT2D eigenvalue weighted by Crippen LogP contribution is -2.14. The molecule has 19 heavy (non-hydrogen) atoms. The van der Waals surface area contributed by atoms with E-state index in [9.17, 15) is 4.79 Å². The van der Waals surface area contributed by atoms with Crippen LogP contribution in [-0.2, 0) is 6.54 Å². The van der Waals surface area contributed by atoms with Gasteiger partial charge in [-0.25, -0.2) is 9.97 Å². The lowest BCUT2D eigenvalue weighted by molar-refractivity contribution is 0.0996. The van der Waals surface area contributed by atoms with Gasteiger partial charge in [-0.3, -0.25) is 4.79 Å². The van der Waals surface area contributed by atoms with Gasteiger partial charge in [0, 0.05) is 11.1 Å². The number of primary amides is 1. The molecule has 6 nitrogen and oxygen atoms in total. The van der Waals surface area contributed by atoms with Crippen molar-refractivity contribution in [3.05, 3.63) is 33.9 Å². The molecule has 0 aliphatic rings. The number of ether oxygens (including phenoxy) is 1. The Kier molecular flexibility index (Phi) is 3.96. The molecule has 100 valence electrons. The Morgan fingerprint density at radius 3 is 2.95 bits per heavy atom. The number of carbonyl (C=O) groups excluding carboxylic acids is 1. The lowest BCUT2D eigenvalue weighted by atomic mass is 10.2. The van der Waals surface area contributed by atoms with Gasteiger partial charge in [0.2, 0.25) is 5.88 Å². The molecule has 0 spiro atoms. The van der Waals surface area contributed by atoms with Crippen LogP contribution in [0.2, 0.25) is 0 Å². The first-order valence-corrected chi connectivity index (χ1v) is 6.47. The molecule has 0 aliphatic heterocycles. The fraction of sp³-hybridized carbons (Fsp3) is 0.250. The number of nitrogens with zero attached hydrogens (tertiary/aromatic N) is 2. The lowest BCUT2D eigenvalue weighted by Gasteiger charge is -2.08. The zero-order valence-electron chi connectivity index (χ0n) is 10.6. The maximum absolute atomic E-state index is 11.3. The minimum Gasteiger partial charge on any atom is -0.480 e. The van der Waals surface area contributed by atoms with Crippen LogP contribution in [0.4, 0.5) is 5.69 Å². The van der Waals surface area contributed by atoms with E-state index in [1.807, 2.05) is 12.3 Å². The molecule has 0 bridgehead atoms. The molecule has 0 fully saturated rings. The first-order valence-electron chi connectivity index (χ1n) is 5.59. The van der Waals surface area contributed by atoms with E-state index < -0.39 is 5.91 Å². The number of aryl methyl sites for hydroxylation is 1. The highest BCUT2D eigenvalue weighted by Crippen LogP contribution is 2.19. The van der Waals surface area contributed by atoms with Crippen LogP contribution >= 0.6 is 11.3 Å². The standard InChI is InChI=1S/C12H14N4O2S/c1-7-6-19-10(16-7)5-14-8-3-9(11(13)17)12(18-2)15-4-8/h3-4,6,14H,5H2,1-2H3,(H2,13,17). The van der Waals surface area contributed by atoms with Crippen molar-refractivity contribution in [3.63, 3.8) is 0 Å². The number of methoxy groups -OCH3 is 1. The van der Waals surface area contributed by atoms with Crippen LogP contribution in [0.25, 0.3) is 0 Å². The van der Waals surface area contributed by atoms with Crippen molar-refractivity contribution in [2.75, 3.05) is 12.4 Å². The molecular formula is C12H14N4O2S. The van der Waals surface area contributed by atoms with Gasteiger partial charge in [-0.05, 0) is 13.0 Å². The molecule has 7 heteroatoms. The topological polar surface area (TPSA) is 90.1 Å². The number of nitrogens with one attached hydrogen (secondary N) is 1. The fourth-order valence-electron chi connectivity index (χ4n) is 1.55. The van der Waals surface area contributed by atoms with E-state index in [-0.39, 0.29) is 11.4 Å². The first-order chi connectivity index (χ1) is 9.10. The van der Waals surface area contributed by atoms with E-state index in [1.54, 1.807) is 23.6 Å². The Morgan fingerprint density at radius 1 is 1.58 bits per heavy atom. The van der Waals surface area contributed by atoms with Gasteiger partial charge in [0.15, 0.2) is 0 Å². The zero-order chi connectivity index (χ0) is 13.8. The highest BCUT2D eigenvalue weighted by Gasteiger charge is 2.11. The highest BCUT2D eigenvalue weighted by molar-refractivity contribution is 7.09. The monoisotopic (exact) mass is 278 g/mol. The van der Waals surface area contributed by atoms with Crippen molar-refractivity contribution in [1.82, 2.24) is 9.97 Å². The van der Waals surface area contributed by atoms with Crippen LogP contribution in [0, 0.1) is 6.92 Å². The average Bonchev–Trinajstić information content (AvgIpc) is 2.81. The molecule has 0 aliphatic carbocycles. The third-order valence-corrected chi connectivity index (χ3v) is 3.39. The summed E-state index contributed by atoms with van der Waals surface area (Å²) >= 11 is 1.58. The second-order valence-electron chi connectivity index (χ2n) is 3.88. The average molecular weight is 278 g/mol. The number of amides is 1. The van der Waals surface area contributed by atoms with E-state index in [1.165, 1.54) is 7.11 Å². The molecule has 0 radical (unpaired) electrons. The maximum atomic E-state index is 11.3. The first kappa shape index (κ1) is 13.3. The van der Waals surface area contributed by atoms with Crippen molar-refractivity contribution in [1.29, 1.82) is 0 Å². The summed E-state index contributed by atoms with van der Waals surface area (Å²) in [6.45, 7) is 2.52. The van der Waals surface area contributed by atoms with E-state index in [2.05, 4.69) is 15.3 Å². The number of aromatic nitrogens is 2. The Balaban J connectivity index is 2.12. The summed E-state index contributed by atoms with van der Waals surface area (Å²) < 4.78 is 4.98. The third kappa shape index (κ3) is 3.19. The van der Waals surface area contributed by atoms with E-state index in [0.717, 1.165) is 10.7 Å². The predicted octanol–water partition coefficient (Wildman–Crippen LogP) is 1.57. The molecule has 1 amide bonds. The molecule has 0 unspecified atom stereocenters. The van der Waals surface area contributed by atoms with Crippen LogP contribution in [0.3, 0.4) is 0 Å². The van der Waals surface area contributed by atoms with E-state index in [4.69, 9.17) is 10.5 Å². The van der Waals surface area contributed by atoms with Crippen molar-refractivity contribution in [2.45, 2.75) is 13.5 Å². The number of carbonyl (C=O) groups is 1. The number of rotatable bonds is 5. The number of thiazole rings is 1. The summed E-state index contributed by atoms with van der Waals surface area (Å²) in [6, 6.07) is 1.62. The SMILES string of the molecule is COc1ncc(NCc2nc(C)cs2)cc1C(N)=O. The molecule has 2 heterocycles. The maximum Gasteiger partial charge on any atom is 0.254 e. The van der Waals surface area contributed by atoms with Gasteiger partial charge < -0.3 is 15.8 Å². The van der Waals surface area contributed by atoms with Gasteiger partial charge in [0.05, 0.1) is 25.5 Å². The Labute approximate surface area is 114 Å². The van der Waals surface area contributed by atoms with Crippen molar-refractivity contribution >= 4 is 22.9 Å². The molecule has 2 aromatic rings. The Morgan fingerprint density at radius 2 is 2.37 bits per heavy atom. The Hall–Kier alpha value is -2.15.